The SMILES string of the molecule is O=C1OC(C(O)CNc2ccc(F)cc2)[C@@H](c2ccc(O)cc2)N1c1ccc(F)cc1. The monoisotopic (exact) mass is 426 g/mol. The maximum atomic E-state index is 13.4. The van der Waals surface area contributed by atoms with Gasteiger partial charge in [0.25, 0.3) is 0 Å². The summed E-state index contributed by atoms with van der Waals surface area (Å²) in [6.07, 6.45) is -2.75. The van der Waals surface area contributed by atoms with Crippen molar-refractivity contribution in [3.05, 3.63) is 90.0 Å². The van der Waals surface area contributed by atoms with Crippen LogP contribution in [0.5, 0.6) is 5.75 Å². The van der Waals surface area contributed by atoms with Crippen molar-refractivity contribution >= 4 is 17.5 Å². The molecule has 0 radical (unpaired) electrons. The van der Waals surface area contributed by atoms with E-state index in [1.165, 1.54) is 65.6 Å². The van der Waals surface area contributed by atoms with Crippen LogP contribution >= 0.6 is 0 Å². The van der Waals surface area contributed by atoms with Crippen molar-refractivity contribution in [2.45, 2.75) is 18.2 Å². The Morgan fingerprint density at radius 2 is 1.52 bits per heavy atom. The number of benzene rings is 3. The van der Waals surface area contributed by atoms with Crippen molar-refractivity contribution in [2.75, 3.05) is 16.8 Å². The van der Waals surface area contributed by atoms with Crippen LogP contribution in [0, 0.1) is 11.6 Å². The van der Waals surface area contributed by atoms with E-state index in [1.54, 1.807) is 12.1 Å². The summed E-state index contributed by atoms with van der Waals surface area (Å²) in [5.41, 5.74) is 1.63. The molecule has 0 saturated carbocycles. The Balaban J connectivity index is 1.61. The van der Waals surface area contributed by atoms with Gasteiger partial charge in [0.05, 0.1) is 0 Å². The molecule has 2 unspecified atom stereocenters. The number of aromatic hydroxyl groups is 1. The molecule has 31 heavy (non-hydrogen) atoms. The van der Waals surface area contributed by atoms with Gasteiger partial charge in [0, 0.05) is 17.9 Å². The van der Waals surface area contributed by atoms with E-state index in [9.17, 15) is 23.8 Å². The first-order valence-corrected chi connectivity index (χ1v) is 9.64. The lowest BCUT2D eigenvalue weighted by molar-refractivity contribution is 0.0264. The van der Waals surface area contributed by atoms with Gasteiger partial charge < -0.3 is 20.3 Å². The Kier molecular flexibility index (Phi) is 5.73. The van der Waals surface area contributed by atoms with E-state index >= 15 is 0 Å². The predicted octanol–water partition coefficient (Wildman–Crippen LogP) is 4.21. The first kappa shape index (κ1) is 20.6. The minimum absolute atomic E-state index is 0.0371. The topological polar surface area (TPSA) is 82.0 Å². The number of phenolic OH excluding ortho intramolecular Hbond substituents is 1. The molecule has 4 rings (SSSR count). The largest absolute Gasteiger partial charge is 0.508 e. The highest BCUT2D eigenvalue weighted by atomic mass is 19.1. The van der Waals surface area contributed by atoms with Gasteiger partial charge in [0.1, 0.15) is 29.5 Å². The lowest BCUT2D eigenvalue weighted by Crippen LogP contribution is -2.38. The van der Waals surface area contributed by atoms with E-state index in [4.69, 9.17) is 4.74 Å². The third-order valence-electron chi connectivity index (χ3n) is 5.10. The molecule has 3 N–H and O–H groups in total. The van der Waals surface area contributed by atoms with Gasteiger partial charge in [0.2, 0.25) is 0 Å². The second-order valence-electron chi connectivity index (χ2n) is 7.19. The van der Waals surface area contributed by atoms with Crippen molar-refractivity contribution < 1.29 is 28.5 Å². The predicted molar refractivity (Wildman–Crippen MR) is 111 cm³/mol. The lowest BCUT2D eigenvalue weighted by atomic mass is 9.96. The minimum atomic E-state index is -1.11. The molecule has 160 valence electrons. The fourth-order valence-corrected chi connectivity index (χ4v) is 3.57. The number of anilines is 2. The van der Waals surface area contributed by atoms with Crippen LogP contribution in [0.2, 0.25) is 0 Å². The van der Waals surface area contributed by atoms with Gasteiger partial charge in [-0.2, -0.15) is 0 Å². The number of halogens is 2. The summed E-state index contributed by atoms with van der Waals surface area (Å²) in [6.45, 7) is 0.0371. The van der Waals surface area contributed by atoms with Gasteiger partial charge in [0.15, 0.2) is 6.10 Å². The Labute approximate surface area is 177 Å². The number of phenols is 1. The van der Waals surface area contributed by atoms with Crippen LogP contribution in [-0.4, -0.2) is 35.1 Å². The summed E-state index contributed by atoms with van der Waals surface area (Å²) in [6, 6.07) is 16.5. The van der Waals surface area contributed by atoms with Crippen LogP contribution in [0.1, 0.15) is 11.6 Å². The maximum absolute atomic E-state index is 13.4. The molecule has 0 spiro atoms. The summed E-state index contributed by atoms with van der Waals surface area (Å²) in [5.74, 6) is -0.770. The number of cyclic esters (lactones) is 1. The summed E-state index contributed by atoms with van der Waals surface area (Å²) in [7, 11) is 0. The molecule has 0 aromatic heterocycles. The Morgan fingerprint density at radius 3 is 2.13 bits per heavy atom. The van der Waals surface area contributed by atoms with E-state index < -0.39 is 30.2 Å². The Morgan fingerprint density at radius 1 is 0.935 bits per heavy atom. The first-order valence-electron chi connectivity index (χ1n) is 9.64. The molecular weight excluding hydrogens is 406 g/mol. The van der Waals surface area contributed by atoms with Crippen LogP contribution in [-0.2, 0) is 4.74 Å². The number of rotatable bonds is 6. The average molecular weight is 426 g/mol. The Hall–Kier alpha value is -3.65. The highest BCUT2D eigenvalue weighted by molar-refractivity contribution is 5.91. The molecule has 0 bridgehead atoms. The molecule has 6 nitrogen and oxygen atoms in total. The zero-order valence-corrected chi connectivity index (χ0v) is 16.3. The minimum Gasteiger partial charge on any atom is -0.508 e. The first-order chi connectivity index (χ1) is 14.9. The van der Waals surface area contributed by atoms with Crippen molar-refractivity contribution in [3.8, 4) is 5.75 Å². The normalized spacial score (nSPS) is 19.2. The third-order valence-corrected chi connectivity index (χ3v) is 5.10. The molecule has 3 aromatic carbocycles. The van der Waals surface area contributed by atoms with Crippen molar-refractivity contribution in [3.63, 3.8) is 0 Å². The van der Waals surface area contributed by atoms with E-state index in [-0.39, 0.29) is 18.1 Å². The van der Waals surface area contributed by atoms with Gasteiger partial charge in [-0.05, 0) is 66.2 Å². The molecule has 1 amide bonds. The number of hydrogen-bond acceptors (Lipinski definition) is 5. The van der Waals surface area contributed by atoms with Gasteiger partial charge in [-0.25, -0.2) is 13.6 Å². The van der Waals surface area contributed by atoms with Gasteiger partial charge in [-0.1, -0.05) is 12.1 Å². The van der Waals surface area contributed by atoms with E-state index in [0.29, 0.717) is 16.9 Å². The number of nitrogens with zero attached hydrogens (tertiary/aromatic N) is 1. The number of ether oxygens (including phenoxy) is 1. The molecule has 1 heterocycles. The molecular formula is C23H20F2N2O4. The standard InChI is InChI=1S/C23H20F2N2O4/c24-15-3-7-17(8-4-15)26-13-20(29)22-21(14-1-11-19(28)12-2-14)27(23(30)31-22)18-9-5-16(25)6-10-18/h1-12,20-22,26,28-29H,13H2/t20?,21-,22?/m1/s1. The van der Waals surface area contributed by atoms with Gasteiger partial charge >= 0.3 is 6.09 Å². The zero-order chi connectivity index (χ0) is 22.0. The van der Waals surface area contributed by atoms with Crippen LogP contribution < -0.4 is 10.2 Å². The van der Waals surface area contributed by atoms with Gasteiger partial charge in [-0.3, -0.25) is 4.90 Å². The average Bonchev–Trinajstić information content (AvgIpc) is 3.11. The molecule has 3 atom stereocenters. The molecule has 0 aliphatic carbocycles. The smallest absolute Gasteiger partial charge is 0.415 e. The van der Waals surface area contributed by atoms with Crippen molar-refractivity contribution in [2.24, 2.45) is 0 Å². The van der Waals surface area contributed by atoms with Crippen LogP contribution in [0.25, 0.3) is 0 Å². The summed E-state index contributed by atoms with van der Waals surface area (Å²) in [4.78, 5) is 14.1. The highest BCUT2D eigenvalue weighted by Crippen LogP contribution is 2.39. The summed E-state index contributed by atoms with van der Waals surface area (Å²) < 4.78 is 32.0. The molecule has 8 heteroatoms. The van der Waals surface area contributed by atoms with Crippen LogP contribution in [0.3, 0.4) is 0 Å². The molecule has 1 saturated heterocycles. The second kappa shape index (κ2) is 8.61. The molecule has 3 aromatic rings. The van der Waals surface area contributed by atoms with Crippen LogP contribution in [0.15, 0.2) is 72.8 Å². The van der Waals surface area contributed by atoms with E-state index in [2.05, 4.69) is 5.32 Å². The van der Waals surface area contributed by atoms with Crippen molar-refractivity contribution in [1.82, 2.24) is 0 Å². The number of carbonyl (C=O) groups is 1. The number of hydrogen-bond donors (Lipinski definition) is 3. The fraction of sp³-hybridized carbons (Fsp3) is 0.174. The zero-order valence-electron chi connectivity index (χ0n) is 16.3. The number of carbonyl (C=O) groups excluding carboxylic acids is 1. The number of aliphatic hydroxyl groups excluding tert-OH is 1. The van der Waals surface area contributed by atoms with Crippen LogP contribution in [0.4, 0.5) is 25.0 Å². The molecule has 1 aliphatic heterocycles. The van der Waals surface area contributed by atoms with E-state index in [0.717, 1.165) is 0 Å². The Bertz CT molecular complexity index is 1040. The fourth-order valence-electron chi connectivity index (χ4n) is 3.57. The van der Waals surface area contributed by atoms with E-state index in [1.807, 2.05) is 0 Å². The van der Waals surface area contributed by atoms with Gasteiger partial charge in [-0.15, -0.1) is 0 Å². The third kappa shape index (κ3) is 4.44. The summed E-state index contributed by atoms with van der Waals surface area (Å²) in [5, 5.41) is 23.4. The number of aliphatic hydroxyl groups is 1. The van der Waals surface area contributed by atoms with Crippen molar-refractivity contribution in [1.29, 1.82) is 0 Å². The summed E-state index contributed by atoms with van der Waals surface area (Å²) >= 11 is 0. The second-order valence-corrected chi connectivity index (χ2v) is 7.19. The molecule has 1 aliphatic rings. The molecule has 1 fully saturated rings. The number of amides is 1. The highest BCUT2D eigenvalue weighted by Gasteiger charge is 2.47. The maximum Gasteiger partial charge on any atom is 0.415 e. The number of nitrogens with one attached hydrogen (secondary N) is 1. The quantitative estimate of drug-likeness (QED) is 0.550. The lowest BCUT2D eigenvalue weighted by Gasteiger charge is -2.28.